The van der Waals surface area contributed by atoms with E-state index in [0.717, 1.165) is 9.88 Å². The van der Waals surface area contributed by atoms with E-state index in [2.05, 4.69) is 27.1 Å². The summed E-state index contributed by atoms with van der Waals surface area (Å²) in [7, 11) is 0. The van der Waals surface area contributed by atoms with E-state index in [9.17, 15) is 4.79 Å². The Kier molecular flexibility index (Phi) is 4.04. The van der Waals surface area contributed by atoms with Gasteiger partial charge < -0.3 is 5.73 Å². The number of carbonyl (C=O) groups excluding carboxylic acids is 1. The fourth-order valence-corrected chi connectivity index (χ4v) is 2.44. The number of aromatic nitrogens is 2. The van der Waals surface area contributed by atoms with Crippen molar-refractivity contribution in [3.63, 3.8) is 0 Å². The lowest BCUT2D eigenvalue weighted by Crippen LogP contribution is -2.11. The normalized spacial score (nSPS) is 9.67. The zero-order valence-corrected chi connectivity index (χ0v) is 11.2. The molecule has 2 aromatic rings. The van der Waals surface area contributed by atoms with Gasteiger partial charge in [0.15, 0.2) is 5.13 Å². The number of hydrogen-bond acceptors (Lipinski definition) is 6. The minimum absolute atomic E-state index is 0.257. The van der Waals surface area contributed by atoms with Crippen molar-refractivity contribution in [2.45, 2.75) is 6.92 Å². The number of nitrogens with two attached hydrogens (primary N) is 1. The van der Waals surface area contributed by atoms with Gasteiger partial charge in [-0.05, 0) is 6.92 Å². The fourth-order valence-electron chi connectivity index (χ4n) is 1.16. The van der Waals surface area contributed by atoms with E-state index < -0.39 is 0 Å². The molecule has 2 heterocycles. The first-order chi connectivity index (χ1) is 8.69. The molecule has 0 aromatic carbocycles. The van der Waals surface area contributed by atoms with Crippen LogP contribution in [-0.2, 0) is 0 Å². The third-order valence-electron chi connectivity index (χ3n) is 1.89. The van der Waals surface area contributed by atoms with Gasteiger partial charge in [-0.15, -0.1) is 11.3 Å². The standard InChI is InChI=1S/C11H10N4OS2/c1-7-14-9(6-17-7)10(16)15-11-13-5-8(18-11)3-2-4-12/h5-6H,4,12H2,1H3,(H,13,15,16). The van der Waals surface area contributed by atoms with Crippen LogP contribution in [0.3, 0.4) is 0 Å². The molecule has 0 saturated carbocycles. The van der Waals surface area contributed by atoms with E-state index in [1.807, 2.05) is 6.92 Å². The van der Waals surface area contributed by atoms with E-state index in [0.29, 0.717) is 17.4 Å². The van der Waals surface area contributed by atoms with Gasteiger partial charge >= 0.3 is 0 Å². The van der Waals surface area contributed by atoms with Crippen LogP contribution in [0.4, 0.5) is 5.13 Å². The summed E-state index contributed by atoms with van der Waals surface area (Å²) < 4.78 is 0. The maximum Gasteiger partial charge on any atom is 0.276 e. The van der Waals surface area contributed by atoms with Crippen LogP contribution in [0.2, 0.25) is 0 Å². The van der Waals surface area contributed by atoms with Gasteiger partial charge in [-0.1, -0.05) is 23.2 Å². The molecule has 7 heteroatoms. The summed E-state index contributed by atoms with van der Waals surface area (Å²) in [4.78, 5) is 20.7. The average Bonchev–Trinajstić information content (AvgIpc) is 2.96. The van der Waals surface area contributed by atoms with Crippen molar-refractivity contribution in [1.29, 1.82) is 0 Å². The quantitative estimate of drug-likeness (QED) is 0.815. The maximum absolute atomic E-state index is 11.8. The molecule has 0 fully saturated rings. The van der Waals surface area contributed by atoms with Crippen molar-refractivity contribution >= 4 is 33.7 Å². The van der Waals surface area contributed by atoms with E-state index >= 15 is 0 Å². The summed E-state index contributed by atoms with van der Waals surface area (Å²) in [6, 6.07) is 0. The summed E-state index contributed by atoms with van der Waals surface area (Å²) in [5.41, 5.74) is 5.68. The first kappa shape index (κ1) is 12.7. The van der Waals surface area contributed by atoms with Gasteiger partial charge in [0.2, 0.25) is 0 Å². The molecule has 3 N–H and O–H groups in total. The molecule has 0 unspecified atom stereocenters. The minimum atomic E-state index is -0.257. The third kappa shape index (κ3) is 3.13. The predicted octanol–water partition coefficient (Wildman–Crippen LogP) is 1.47. The number of nitrogens with zero attached hydrogens (tertiary/aromatic N) is 2. The molecule has 5 nitrogen and oxygen atoms in total. The second kappa shape index (κ2) is 5.73. The van der Waals surface area contributed by atoms with Gasteiger partial charge in [-0.3, -0.25) is 10.1 Å². The van der Waals surface area contributed by atoms with Crippen LogP contribution >= 0.6 is 22.7 Å². The molecule has 0 spiro atoms. The van der Waals surface area contributed by atoms with E-state index in [1.54, 1.807) is 11.6 Å². The molecule has 0 aliphatic carbocycles. The van der Waals surface area contributed by atoms with Crippen LogP contribution in [0.15, 0.2) is 11.6 Å². The Morgan fingerprint density at radius 2 is 2.44 bits per heavy atom. The highest BCUT2D eigenvalue weighted by atomic mass is 32.1. The number of amides is 1. The zero-order chi connectivity index (χ0) is 13.0. The molecule has 92 valence electrons. The maximum atomic E-state index is 11.8. The summed E-state index contributed by atoms with van der Waals surface area (Å²) in [6.07, 6.45) is 1.61. The molecule has 0 aliphatic heterocycles. The van der Waals surface area contributed by atoms with Gasteiger partial charge in [0.05, 0.1) is 22.6 Å². The molecule has 1 amide bonds. The number of anilines is 1. The first-order valence-electron chi connectivity index (χ1n) is 5.07. The van der Waals surface area contributed by atoms with Crippen LogP contribution in [0, 0.1) is 18.8 Å². The number of thiazole rings is 2. The molecule has 0 aliphatic rings. The van der Waals surface area contributed by atoms with Crippen molar-refractivity contribution in [3.05, 3.63) is 27.2 Å². The molecule has 0 radical (unpaired) electrons. The van der Waals surface area contributed by atoms with Crippen LogP contribution in [0.5, 0.6) is 0 Å². The van der Waals surface area contributed by atoms with Crippen LogP contribution in [-0.4, -0.2) is 22.4 Å². The van der Waals surface area contributed by atoms with Crippen LogP contribution in [0.1, 0.15) is 20.4 Å². The van der Waals surface area contributed by atoms with Crippen LogP contribution in [0.25, 0.3) is 0 Å². The average molecular weight is 278 g/mol. The number of rotatable bonds is 2. The molecule has 18 heavy (non-hydrogen) atoms. The molecular weight excluding hydrogens is 268 g/mol. The van der Waals surface area contributed by atoms with Crippen molar-refractivity contribution in [1.82, 2.24) is 9.97 Å². The summed E-state index contributed by atoms with van der Waals surface area (Å²) in [6.45, 7) is 2.16. The summed E-state index contributed by atoms with van der Waals surface area (Å²) in [5, 5.41) is 5.76. The van der Waals surface area contributed by atoms with Crippen molar-refractivity contribution in [2.24, 2.45) is 5.73 Å². The lowest BCUT2D eigenvalue weighted by Gasteiger charge is -1.96. The number of carbonyl (C=O) groups is 1. The van der Waals surface area contributed by atoms with Crippen molar-refractivity contribution in [2.75, 3.05) is 11.9 Å². The topological polar surface area (TPSA) is 80.9 Å². The highest BCUT2D eigenvalue weighted by molar-refractivity contribution is 7.16. The van der Waals surface area contributed by atoms with Crippen molar-refractivity contribution < 1.29 is 4.79 Å². The second-order valence-corrected chi connectivity index (χ2v) is 5.33. The molecular formula is C11H10N4OS2. The fraction of sp³-hybridized carbons (Fsp3) is 0.182. The molecule has 2 rings (SSSR count). The zero-order valence-electron chi connectivity index (χ0n) is 9.56. The van der Waals surface area contributed by atoms with Gasteiger partial charge in [0.25, 0.3) is 5.91 Å². The molecule has 0 bridgehead atoms. The number of aryl methyl sites for hydroxylation is 1. The van der Waals surface area contributed by atoms with E-state index in [1.165, 1.54) is 22.7 Å². The number of nitrogens with one attached hydrogen (secondary N) is 1. The van der Waals surface area contributed by atoms with Gasteiger partial charge in [-0.25, -0.2) is 9.97 Å². The molecule has 0 saturated heterocycles. The van der Waals surface area contributed by atoms with E-state index in [4.69, 9.17) is 5.73 Å². The Bertz CT molecular complexity index is 620. The SMILES string of the molecule is Cc1nc(C(=O)Nc2ncc(C#CCN)s2)cs1. The van der Waals surface area contributed by atoms with Gasteiger partial charge in [0.1, 0.15) is 5.69 Å². The summed E-state index contributed by atoms with van der Waals surface area (Å²) >= 11 is 2.74. The van der Waals surface area contributed by atoms with Crippen molar-refractivity contribution in [3.8, 4) is 11.8 Å². The number of hydrogen-bond donors (Lipinski definition) is 2. The lowest BCUT2D eigenvalue weighted by molar-refractivity contribution is 0.102. The largest absolute Gasteiger partial charge is 0.320 e. The summed E-state index contributed by atoms with van der Waals surface area (Å²) in [5.74, 6) is 5.33. The first-order valence-corrected chi connectivity index (χ1v) is 6.77. The Morgan fingerprint density at radius 1 is 1.61 bits per heavy atom. The highest BCUT2D eigenvalue weighted by Gasteiger charge is 2.11. The highest BCUT2D eigenvalue weighted by Crippen LogP contribution is 2.18. The minimum Gasteiger partial charge on any atom is -0.320 e. The van der Waals surface area contributed by atoms with Gasteiger partial charge in [0, 0.05) is 5.38 Å². The Labute approximate surface area is 112 Å². The molecule has 0 atom stereocenters. The second-order valence-electron chi connectivity index (χ2n) is 3.24. The Morgan fingerprint density at radius 3 is 3.11 bits per heavy atom. The lowest BCUT2D eigenvalue weighted by atomic mass is 10.4. The Hall–Kier alpha value is -1.75. The third-order valence-corrected chi connectivity index (χ3v) is 3.49. The smallest absolute Gasteiger partial charge is 0.276 e. The predicted molar refractivity (Wildman–Crippen MR) is 72.9 cm³/mol. The van der Waals surface area contributed by atoms with Crippen LogP contribution < -0.4 is 11.1 Å². The molecule has 2 aromatic heterocycles. The van der Waals surface area contributed by atoms with Gasteiger partial charge in [-0.2, -0.15) is 0 Å². The monoisotopic (exact) mass is 278 g/mol. The Balaban J connectivity index is 2.05. The van der Waals surface area contributed by atoms with E-state index in [-0.39, 0.29) is 5.91 Å².